The molecule has 7 heteroatoms. The van der Waals surface area contributed by atoms with Gasteiger partial charge in [0.25, 0.3) is 5.91 Å². The number of hydrogen-bond acceptors (Lipinski definition) is 3. The van der Waals surface area contributed by atoms with Gasteiger partial charge in [0, 0.05) is 43.0 Å². The number of hydrogen-bond donors (Lipinski definition) is 1. The van der Waals surface area contributed by atoms with Crippen LogP contribution in [0, 0.1) is 0 Å². The van der Waals surface area contributed by atoms with E-state index in [0.717, 1.165) is 28.2 Å². The lowest BCUT2D eigenvalue weighted by Gasteiger charge is -2.15. The second kappa shape index (κ2) is 7.80. The summed E-state index contributed by atoms with van der Waals surface area (Å²) in [5.74, 6) is -0.0873. The maximum Gasteiger partial charge on any atom is 0.253 e. The van der Waals surface area contributed by atoms with E-state index in [0.29, 0.717) is 12.3 Å². The normalized spacial score (nSPS) is 12.1. The zero-order chi connectivity index (χ0) is 17.9. The van der Waals surface area contributed by atoms with Gasteiger partial charge in [0.1, 0.15) is 12.4 Å². The number of nitrogens with zero attached hydrogens (tertiary/aromatic N) is 2. The Balaban J connectivity index is 2.22. The Kier molecular flexibility index (Phi) is 6.22. The van der Waals surface area contributed by atoms with Crippen LogP contribution in [0.5, 0.6) is 0 Å². The van der Waals surface area contributed by atoms with E-state index in [1.165, 1.54) is 0 Å². The van der Waals surface area contributed by atoms with Crippen molar-refractivity contribution in [3.63, 3.8) is 0 Å². The van der Waals surface area contributed by atoms with Gasteiger partial charge in [0.15, 0.2) is 0 Å². The first-order valence-corrected chi connectivity index (χ1v) is 12.7. The second-order valence-electron chi connectivity index (χ2n) is 7.51. The lowest BCUT2D eigenvalue weighted by molar-refractivity contribution is 0.0890. The maximum absolute atomic E-state index is 12.5. The average Bonchev–Trinajstić information content (AvgIpc) is 2.80. The number of carbonyl (C=O) groups is 1. The summed E-state index contributed by atoms with van der Waals surface area (Å²) in [5, 5.41) is 3.77. The number of halogens is 1. The number of nitrogens with one attached hydrogen (secondary N) is 1. The average molecular weight is 412 g/mol. The van der Waals surface area contributed by atoms with Crippen LogP contribution in [-0.2, 0) is 11.5 Å². The van der Waals surface area contributed by atoms with Crippen LogP contribution >= 0.6 is 15.9 Å². The van der Waals surface area contributed by atoms with Crippen molar-refractivity contribution in [2.75, 3.05) is 6.61 Å². The van der Waals surface area contributed by atoms with Gasteiger partial charge in [-0.3, -0.25) is 4.79 Å². The van der Waals surface area contributed by atoms with Crippen LogP contribution in [0.25, 0.3) is 11.0 Å². The first-order chi connectivity index (χ1) is 11.2. The van der Waals surface area contributed by atoms with Gasteiger partial charge in [0.2, 0.25) is 0 Å². The summed E-state index contributed by atoms with van der Waals surface area (Å²) in [4.78, 5) is 16.9. The van der Waals surface area contributed by atoms with Crippen molar-refractivity contribution >= 4 is 40.9 Å². The van der Waals surface area contributed by atoms with Gasteiger partial charge in [-0.15, -0.1) is 0 Å². The molecule has 0 aliphatic carbocycles. The number of ether oxygens (including phenoxy) is 1. The highest BCUT2D eigenvalue weighted by molar-refractivity contribution is 9.10. The molecule has 2 aromatic rings. The molecule has 0 saturated heterocycles. The summed E-state index contributed by atoms with van der Waals surface area (Å²) in [5.41, 5.74) is 1.39. The molecule has 0 unspecified atom stereocenters. The fourth-order valence-electron chi connectivity index (χ4n) is 2.31. The predicted molar refractivity (Wildman–Crippen MR) is 104 cm³/mol. The minimum absolute atomic E-state index is 0.0870. The quantitative estimate of drug-likeness (QED) is 0.547. The fraction of sp³-hybridized carbons (Fsp3) is 0.529. The Morgan fingerprint density at radius 2 is 2.12 bits per heavy atom. The summed E-state index contributed by atoms with van der Waals surface area (Å²) in [7, 11) is -1.11. The predicted octanol–water partition coefficient (Wildman–Crippen LogP) is 4.25. The molecule has 0 aromatic carbocycles. The smallest absolute Gasteiger partial charge is 0.253 e. The molecule has 5 nitrogen and oxygen atoms in total. The van der Waals surface area contributed by atoms with Crippen LogP contribution in [0.15, 0.2) is 22.9 Å². The molecule has 0 fully saturated rings. The molecule has 132 valence electrons. The highest BCUT2D eigenvalue weighted by Gasteiger charge is 2.17. The minimum atomic E-state index is -1.11. The maximum atomic E-state index is 12.5. The number of carbonyl (C=O) groups excluding carboxylic acids is 1. The third kappa shape index (κ3) is 5.16. The minimum Gasteiger partial charge on any atom is -0.361 e. The highest BCUT2D eigenvalue weighted by atomic mass is 79.9. The molecule has 0 aliphatic heterocycles. The van der Waals surface area contributed by atoms with Gasteiger partial charge in [-0.05, 0) is 41.9 Å². The van der Waals surface area contributed by atoms with E-state index in [1.807, 2.05) is 30.7 Å². The van der Waals surface area contributed by atoms with Crippen LogP contribution < -0.4 is 5.32 Å². The zero-order valence-corrected chi connectivity index (χ0v) is 17.6. The summed E-state index contributed by atoms with van der Waals surface area (Å²) in [6, 6.07) is 3.13. The molecule has 2 aromatic heterocycles. The topological polar surface area (TPSA) is 56.2 Å². The van der Waals surface area contributed by atoms with E-state index in [-0.39, 0.29) is 11.9 Å². The highest BCUT2D eigenvalue weighted by Crippen LogP contribution is 2.23. The van der Waals surface area contributed by atoms with Gasteiger partial charge in [-0.2, -0.15) is 0 Å². The molecular weight excluding hydrogens is 386 g/mol. The molecule has 0 aliphatic rings. The molecule has 2 rings (SSSR count). The Morgan fingerprint density at radius 3 is 2.75 bits per heavy atom. The molecular formula is C17H26BrN3O2Si. The summed E-state index contributed by atoms with van der Waals surface area (Å²) in [6.45, 7) is 12.0. The van der Waals surface area contributed by atoms with Crippen LogP contribution in [0.2, 0.25) is 25.7 Å². The van der Waals surface area contributed by atoms with E-state index in [1.54, 1.807) is 6.20 Å². The van der Waals surface area contributed by atoms with Crippen molar-refractivity contribution in [1.29, 1.82) is 0 Å². The van der Waals surface area contributed by atoms with Crippen molar-refractivity contribution in [2.45, 2.75) is 52.3 Å². The number of fused-ring (bicyclic) bond motifs is 1. The molecule has 0 spiro atoms. The lowest BCUT2D eigenvalue weighted by atomic mass is 10.2. The Labute approximate surface area is 152 Å². The van der Waals surface area contributed by atoms with Gasteiger partial charge >= 0.3 is 0 Å². The van der Waals surface area contributed by atoms with E-state index in [2.05, 4.69) is 45.9 Å². The fourth-order valence-corrected chi connectivity index (χ4v) is 3.39. The number of aromatic nitrogens is 2. The molecule has 1 N–H and O–H groups in total. The SMILES string of the molecule is CC(C)NC(=O)c1cn(COCC[Si](C)(C)C)c2ncc(Br)cc12. The zero-order valence-electron chi connectivity index (χ0n) is 15.0. The lowest BCUT2D eigenvalue weighted by Crippen LogP contribution is -2.29. The standard InChI is InChI=1S/C17H26BrN3O2Si/c1-12(2)20-17(22)15-10-21(11-23-6-7-24(3,4)5)16-14(15)8-13(18)9-19-16/h8-10,12H,6-7,11H2,1-5H3,(H,20,22). The van der Waals surface area contributed by atoms with Gasteiger partial charge in [-0.25, -0.2) is 4.98 Å². The van der Waals surface area contributed by atoms with Crippen molar-refractivity contribution in [2.24, 2.45) is 0 Å². The first-order valence-electron chi connectivity index (χ1n) is 8.20. The number of amides is 1. The Morgan fingerprint density at radius 1 is 1.42 bits per heavy atom. The molecule has 0 radical (unpaired) electrons. The molecule has 0 saturated carbocycles. The molecule has 0 bridgehead atoms. The number of rotatable bonds is 7. The largest absolute Gasteiger partial charge is 0.361 e. The van der Waals surface area contributed by atoms with Crippen LogP contribution in [0.4, 0.5) is 0 Å². The summed E-state index contributed by atoms with van der Waals surface area (Å²) >= 11 is 3.43. The van der Waals surface area contributed by atoms with Crippen LogP contribution in [-0.4, -0.2) is 36.2 Å². The summed E-state index contributed by atoms with van der Waals surface area (Å²) < 4.78 is 8.58. The van der Waals surface area contributed by atoms with E-state index in [4.69, 9.17) is 4.74 Å². The van der Waals surface area contributed by atoms with Crippen molar-refractivity contribution in [1.82, 2.24) is 14.9 Å². The second-order valence-corrected chi connectivity index (χ2v) is 14.1. The first kappa shape index (κ1) is 19.1. The third-order valence-corrected chi connectivity index (χ3v) is 5.71. The van der Waals surface area contributed by atoms with Crippen molar-refractivity contribution in [3.05, 3.63) is 28.5 Å². The summed E-state index contributed by atoms with van der Waals surface area (Å²) in [6.07, 6.45) is 3.57. The van der Waals surface area contributed by atoms with Crippen molar-refractivity contribution in [3.8, 4) is 0 Å². The van der Waals surface area contributed by atoms with E-state index < -0.39 is 8.07 Å². The number of pyridine rings is 1. The molecule has 2 heterocycles. The molecule has 24 heavy (non-hydrogen) atoms. The van der Waals surface area contributed by atoms with Gasteiger partial charge in [-0.1, -0.05) is 19.6 Å². The van der Waals surface area contributed by atoms with E-state index >= 15 is 0 Å². The molecule has 0 atom stereocenters. The van der Waals surface area contributed by atoms with Crippen LogP contribution in [0.3, 0.4) is 0 Å². The third-order valence-electron chi connectivity index (χ3n) is 3.57. The van der Waals surface area contributed by atoms with Crippen LogP contribution in [0.1, 0.15) is 24.2 Å². The monoisotopic (exact) mass is 411 g/mol. The Hall–Kier alpha value is -1.18. The van der Waals surface area contributed by atoms with Crippen molar-refractivity contribution < 1.29 is 9.53 Å². The molecule has 1 amide bonds. The van der Waals surface area contributed by atoms with Gasteiger partial charge in [0.05, 0.1) is 5.56 Å². The van der Waals surface area contributed by atoms with E-state index in [9.17, 15) is 4.79 Å². The Bertz CT molecular complexity index is 722. The van der Waals surface area contributed by atoms with Gasteiger partial charge < -0.3 is 14.6 Å².